The molecule has 1 heterocycles. The number of aliphatic hydroxyl groups is 1. The van der Waals surface area contributed by atoms with E-state index in [4.69, 9.17) is 0 Å². The molecule has 3 heteroatoms. The standard InChI is InChI=1S/C12H26N2O/c1-4-5-6-9-14(3)11-7-8-12(15)13-10(11)2/h10-13,15H,4-9H2,1-3H3/t10?,11-,12-/m0/s1. The molecule has 3 atom stereocenters. The van der Waals surface area contributed by atoms with Crippen molar-refractivity contribution in [3.8, 4) is 0 Å². The van der Waals surface area contributed by atoms with E-state index in [0.717, 1.165) is 12.8 Å². The second-order valence-electron chi connectivity index (χ2n) is 4.80. The molecule has 1 rings (SSSR count). The lowest BCUT2D eigenvalue weighted by Gasteiger charge is -2.39. The summed E-state index contributed by atoms with van der Waals surface area (Å²) < 4.78 is 0. The van der Waals surface area contributed by atoms with Crippen LogP contribution in [0.4, 0.5) is 0 Å². The number of unbranched alkanes of at least 4 members (excludes halogenated alkanes) is 2. The van der Waals surface area contributed by atoms with E-state index in [2.05, 4.69) is 31.1 Å². The number of nitrogens with one attached hydrogen (secondary N) is 1. The Morgan fingerprint density at radius 1 is 1.33 bits per heavy atom. The monoisotopic (exact) mass is 214 g/mol. The SMILES string of the molecule is CCCCCN(C)[C@H]1CC[C@H](O)NC1C. The smallest absolute Gasteiger partial charge is 0.105 e. The molecule has 1 aliphatic heterocycles. The van der Waals surface area contributed by atoms with Gasteiger partial charge in [-0.15, -0.1) is 0 Å². The summed E-state index contributed by atoms with van der Waals surface area (Å²) in [6.07, 6.45) is 5.59. The van der Waals surface area contributed by atoms with Crippen LogP contribution < -0.4 is 5.32 Å². The highest BCUT2D eigenvalue weighted by molar-refractivity contribution is 4.85. The van der Waals surface area contributed by atoms with Crippen molar-refractivity contribution < 1.29 is 5.11 Å². The molecule has 0 aliphatic carbocycles. The van der Waals surface area contributed by atoms with Crippen LogP contribution in [0.3, 0.4) is 0 Å². The summed E-state index contributed by atoms with van der Waals surface area (Å²) >= 11 is 0. The summed E-state index contributed by atoms with van der Waals surface area (Å²) in [5.74, 6) is 0. The third-order valence-electron chi connectivity index (χ3n) is 3.45. The van der Waals surface area contributed by atoms with Gasteiger partial charge in [-0.25, -0.2) is 0 Å². The molecule has 1 aliphatic rings. The second-order valence-corrected chi connectivity index (χ2v) is 4.80. The molecule has 2 N–H and O–H groups in total. The summed E-state index contributed by atoms with van der Waals surface area (Å²) in [5, 5.41) is 12.7. The van der Waals surface area contributed by atoms with Gasteiger partial charge in [-0.3, -0.25) is 5.32 Å². The minimum atomic E-state index is -0.291. The van der Waals surface area contributed by atoms with Gasteiger partial charge in [-0.1, -0.05) is 19.8 Å². The van der Waals surface area contributed by atoms with Crippen molar-refractivity contribution in [2.24, 2.45) is 0 Å². The fraction of sp³-hybridized carbons (Fsp3) is 1.00. The second kappa shape index (κ2) is 6.46. The first kappa shape index (κ1) is 12.9. The van der Waals surface area contributed by atoms with E-state index >= 15 is 0 Å². The van der Waals surface area contributed by atoms with Crippen molar-refractivity contribution >= 4 is 0 Å². The molecule has 0 amide bonds. The van der Waals surface area contributed by atoms with Crippen molar-refractivity contribution in [2.45, 2.75) is 64.3 Å². The molecule has 15 heavy (non-hydrogen) atoms. The maximum absolute atomic E-state index is 9.46. The number of rotatable bonds is 5. The fourth-order valence-corrected chi connectivity index (χ4v) is 2.46. The molecular formula is C12H26N2O. The average Bonchev–Trinajstić information content (AvgIpc) is 2.17. The van der Waals surface area contributed by atoms with Crippen molar-refractivity contribution in [2.75, 3.05) is 13.6 Å². The topological polar surface area (TPSA) is 35.5 Å². The van der Waals surface area contributed by atoms with Gasteiger partial charge in [-0.05, 0) is 39.8 Å². The minimum absolute atomic E-state index is 0.291. The predicted molar refractivity (Wildman–Crippen MR) is 63.8 cm³/mol. The van der Waals surface area contributed by atoms with Crippen LogP contribution in [0, 0.1) is 0 Å². The summed E-state index contributed by atoms with van der Waals surface area (Å²) in [5.41, 5.74) is 0. The van der Waals surface area contributed by atoms with Gasteiger partial charge in [0, 0.05) is 12.1 Å². The van der Waals surface area contributed by atoms with E-state index in [9.17, 15) is 5.11 Å². The van der Waals surface area contributed by atoms with Gasteiger partial charge in [0.05, 0.1) is 0 Å². The Labute approximate surface area is 93.9 Å². The first-order chi connectivity index (χ1) is 7.15. The Hall–Kier alpha value is -0.120. The van der Waals surface area contributed by atoms with Crippen molar-refractivity contribution in [3.63, 3.8) is 0 Å². The Morgan fingerprint density at radius 3 is 2.67 bits per heavy atom. The van der Waals surface area contributed by atoms with Gasteiger partial charge >= 0.3 is 0 Å². The highest BCUT2D eigenvalue weighted by Gasteiger charge is 2.27. The normalized spacial score (nSPS) is 32.2. The molecule has 0 radical (unpaired) electrons. The first-order valence-corrected chi connectivity index (χ1v) is 6.29. The largest absolute Gasteiger partial charge is 0.379 e. The molecular weight excluding hydrogens is 188 g/mol. The highest BCUT2D eigenvalue weighted by Crippen LogP contribution is 2.17. The van der Waals surface area contributed by atoms with Gasteiger partial charge in [-0.2, -0.15) is 0 Å². The molecule has 0 aromatic carbocycles. The van der Waals surface area contributed by atoms with Gasteiger partial charge in [0.15, 0.2) is 0 Å². The summed E-state index contributed by atoms with van der Waals surface area (Å²) in [7, 11) is 2.20. The number of likely N-dealkylation sites (N-methyl/N-ethyl adjacent to an activating group) is 1. The van der Waals surface area contributed by atoms with Crippen LogP contribution in [0.25, 0.3) is 0 Å². The van der Waals surface area contributed by atoms with Gasteiger partial charge < -0.3 is 10.0 Å². The zero-order valence-corrected chi connectivity index (χ0v) is 10.4. The van der Waals surface area contributed by atoms with E-state index in [1.54, 1.807) is 0 Å². The quantitative estimate of drug-likeness (QED) is 0.682. The van der Waals surface area contributed by atoms with Crippen molar-refractivity contribution in [1.82, 2.24) is 10.2 Å². The Bertz CT molecular complexity index is 175. The maximum Gasteiger partial charge on any atom is 0.105 e. The van der Waals surface area contributed by atoms with E-state index in [1.165, 1.54) is 25.8 Å². The van der Waals surface area contributed by atoms with Crippen LogP contribution in [0.5, 0.6) is 0 Å². The third kappa shape index (κ3) is 4.09. The Morgan fingerprint density at radius 2 is 2.07 bits per heavy atom. The van der Waals surface area contributed by atoms with E-state index in [1.807, 2.05) is 0 Å². The number of nitrogens with zero attached hydrogens (tertiary/aromatic N) is 1. The highest BCUT2D eigenvalue weighted by atomic mass is 16.3. The van der Waals surface area contributed by atoms with Gasteiger partial charge in [0.2, 0.25) is 0 Å². The molecule has 0 aromatic heterocycles. The van der Waals surface area contributed by atoms with Crippen LogP contribution >= 0.6 is 0 Å². The zero-order chi connectivity index (χ0) is 11.3. The van der Waals surface area contributed by atoms with Gasteiger partial charge in [0.1, 0.15) is 6.23 Å². The predicted octanol–water partition coefficient (Wildman–Crippen LogP) is 1.57. The van der Waals surface area contributed by atoms with Gasteiger partial charge in [0.25, 0.3) is 0 Å². The summed E-state index contributed by atoms with van der Waals surface area (Å²) in [4.78, 5) is 2.44. The summed E-state index contributed by atoms with van der Waals surface area (Å²) in [6, 6.07) is 0.991. The summed E-state index contributed by atoms with van der Waals surface area (Å²) in [6.45, 7) is 5.59. The van der Waals surface area contributed by atoms with Crippen molar-refractivity contribution in [1.29, 1.82) is 0 Å². The number of piperidine rings is 1. The van der Waals surface area contributed by atoms with E-state index in [0.29, 0.717) is 12.1 Å². The first-order valence-electron chi connectivity index (χ1n) is 6.29. The Kier molecular flexibility index (Phi) is 5.58. The fourth-order valence-electron chi connectivity index (χ4n) is 2.46. The maximum atomic E-state index is 9.46. The molecule has 3 nitrogen and oxygen atoms in total. The Balaban J connectivity index is 2.28. The lowest BCUT2D eigenvalue weighted by atomic mass is 9.97. The molecule has 1 unspecified atom stereocenters. The lowest BCUT2D eigenvalue weighted by molar-refractivity contribution is 0.0429. The molecule has 0 bridgehead atoms. The van der Waals surface area contributed by atoms with Crippen LogP contribution in [0.1, 0.15) is 46.0 Å². The van der Waals surface area contributed by atoms with Crippen LogP contribution in [0.2, 0.25) is 0 Å². The molecule has 90 valence electrons. The van der Waals surface area contributed by atoms with Crippen LogP contribution in [-0.2, 0) is 0 Å². The molecule has 0 spiro atoms. The van der Waals surface area contributed by atoms with Crippen molar-refractivity contribution in [3.05, 3.63) is 0 Å². The van der Waals surface area contributed by atoms with Crippen LogP contribution in [-0.4, -0.2) is 41.9 Å². The molecule has 0 saturated carbocycles. The average molecular weight is 214 g/mol. The van der Waals surface area contributed by atoms with Crippen LogP contribution in [0.15, 0.2) is 0 Å². The van der Waals surface area contributed by atoms with E-state index < -0.39 is 0 Å². The third-order valence-corrected chi connectivity index (χ3v) is 3.45. The van der Waals surface area contributed by atoms with E-state index in [-0.39, 0.29) is 6.23 Å². The minimum Gasteiger partial charge on any atom is -0.379 e. The number of hydrogen-bond acceptors (Lipinski definition) is 3. The zero-order valence-electron chi connectivity index (χ0n) is 10.4. The lowest BCUT2D eigenvalue weighted by Crippen LogP contribution is -2.54. The molecule has 0 aromatic rings. The number of aliphatic hydroxyl groups excluding tert-OH is 1. The molecule has 1 saturated heterocycles. The molecule has 1 fully saturated rings. The number of hydrogen-bond donors (Lipinski definition) is 2.